The Morgan fingerprint density at radius 3 is 2.70 bits per heavy atom. The van der Waals surface area contributed by atoms with E-state index in [0.29, 0.717) is 50.5 Å². The largest absolute Gasteiger partial charge is 0.465 e. The van der Waals surface area contributed by atoms with Crippen LogP contribution in [-0.2, 0) is 11.3 Å². The molecule has 0 radical (unpaired) electrons. The van der Waals surface area contributed by atoms with Crippen molar-refractivity contribution >= 4 is 29.8 Å². The molecule has 27 heavy (non-hydrogen) atoms. The van der Waals surface area contributed by atoms with Gasteiger partial charge in [0, 0.05) is 19.1 Å². The Kier molecular flexibility index (Phi) is 5.93. The molecule has 0 aromatic carbocycles. The Labute approximate surface area is 162 Å². The van der Waals surface area contributed by atoms with Crippen molar-refractivity contribution in [2.24, 2.45) is 0 Å². The molecule has 0 aliphatic carbocycles. The second kappa shape index (κ2) is 8.20. The first-order valence-electron chi connectivity index (χ1n) is 9.03. The number of hydrogen-bond acceptors (Lipinski definition) is 5. The molecule has 9 nitrogen and oxygen atoms in total. The number of carbonyl (C=O) groups excluding carboxylic acids is 2. The number of nitrogens with one attached hydrogen (secondary N) is 1. The second-order valence-corrected chi connectivity index (χ2v) is 7.87. The first kappa shape index (κ1) is 19.5. The fraction of sp³-hybridized carbons (Fsp3) is 0.647. The number of thioether (sulfide) groups is 1. The Morgan fingerprint density at radius 1 is 1.41 bits per heavy atom. The molecule has 0 bridgehead atoms. The molecule has 1 fully saturated rings. The van der Waals surface area contributed by atoms with E-state index in [0.717, 1.165) is 5.69 Å². The molecule has 2 aliphatic rings. The second-order valence-electron chi connectivity index (χ2n) is 6.88. The molecular formula is C17H25N5O4S. The highest BCUT2D eigenvalue weighted by Gasteiger charge is 2.37. The van der Waals surface area contributed by atoms with Gasteiger partial charge in [0.2, 0.25) is 5.91 Å². The van der Waals surface area contributed by atoms with E-state index in [2.05, 4.69) is 10.3 Å². The van der Waals surface area contributed by atoms with Gasteiger partial charge in [0.1, 0.15) is 11.9 Å². The number of likely N-dealkylation sites (tertiary alicyclic amines) is 1. The third-order valence-electron chi connectivity index (χ3n) is 5.20. The van der Waals surface area contributed by atoms with Crippen LogP contribution in [0.5, 0.6) is 0 Å². The number of hydrogen-bond donors (Lipinski definition) is 2. The van der Waals surface area contributed by atoms with E-state index in [1.165, 1.54) is 0 Å². The van der Waals surface area contributed by atoms with E-state index in [1.54, 1.807) is 27.4 Å². The average Bonchev–Trinajstić information content (AvgIpc) is 3.18. The summed E-state index contributed by atoms with van der Waals surface area (Å²) in [6.07, 6.45) is 4.33. The maximum atomic E-state index is 12.7. The zero-order valence-electron chi connectivity index (χ0n) is 15.6. The Bertz CT molecular complexity index is 729. The number of carboxylic acid groups (broad SMARTS) is 1. The third kappa shape index (κ3) is 4.05. The van der Waals surface area contributed by atoms with Crippen molar-refractivity contribution < 1.29 is 19.5 Å². The molecule has 3 amide bonds. The number of carbonyl (C=O) groups is 3. The molecular weight excluding hydrogens is 370 g/mol. The summed E-state index contributed by atoms with van der Waals surface area (Å²) in [5.41, 5.74) is 0.902. The van der Waals surface area contributed by atoms with E-state index in [1.807, 2.05) is 18.1 Å². The summed E-state index contributed by atoms with van der Waals surface area (Å²) in [4.78, 5) is 44.1. The summed E-state index contributed by atoms with van der Waals surface area (Å²) < 4.78 is 1.65. The van der Waals surface area contributed by atoms with Crippen LogP contribution >= 0.6 is 11.8 Å². The van der Waals surface area contributed by atoms with Crippen molar-refractivity contribution in [2.45, 2.75) is 44.8 Å². The highest BCUT2D eigenvalue weighted by molar-refractivity contribution is 7.98. The van der Waals surface area contributed by atoms with Crippen molar-refractivity contribution in [3.63, 3.8) is 0 Å². The van der Waals surface area contributed by atoms with Gasteiger partial charge < -0.3 is 20.2 Å². The standard InChI is InChI=1S/C17H25N5O4S/c1-11-18-9-13-10-21(17(26)22(11)13)12-3-6-20(7-4-12)15(23)14(5-8-27-2)19-16(24)25/h9,12,14,19H,3-8,10H2,1-2H3,(H,24,25)/t14-/m1/s1. The summed E-state index contributed by atoms with van der Waals surface area (Å²) in [6.45, 7) is 3.42. The lowest BCUT2D eigenvalue weighted by molar-refractivity contribution is -0.134. The van der Waals surface area contributed by atoms with E-state index < -0.39 is 12.1 Å². The molecule has 1 atom stereocenters. The molecule has 2 aliphatic heterocycles. The zero-order valence-corrected chi connectivity index (χ0v) is 16.4. The van der Waals surface area contributed by atoms with Crippen LogP contribution in [0.1, 0.15) is 30.8 Å². The number of aromatic nitrogens is 2. The molecule has 10 heteroatoms. The van der Waals surface area contributed by atoms with Crippen LogP contribution in [-0.4, -0.2) is 79.7 Å². The quantitative estimate of drug-likeness (QED) is 0.753. The summed E-state index contributed by atoms with van der Waals surface area (Å²) >= 11 is 1.58. The number of fused-ring (bicyclic) bond motifs is 1. The third-order valence-corrected chi connectivity index (χ3v) is 5.85. The molecule has 0 spiro atoms. The van der Waals surface area contributed by atoms with E-state index in [-0.39, 0.29) is 18.0 Å². The van der Waals surface area contributed by atoms with Gasteiger partial charge in [-0.3, -0.25) is 9.36 Å². The van der Waals surface area contributed by atoms with Crippen LogP contribution < -0.4 is 5.32 Å². The SMILES string of the molecule is CSCC[C@@H](NC(=O)O)C(=O)N1CCC(N2Cc3cnc(C)n3C2=O)CC1. The normalized spacial score (nSPS) is 18.5. The van der Waals surface area contributed by atoms with Crippen LogP contribution in [0.4, 0.5) is 9.59 Å². The summed E-state index contributed by atoms with van der Waals surface area (Å²) in [7, 11) is 0. The number of imidazole rings is 1. The molecule has 148 valence electrons. The van der Waals surface area contributed by atoms with E-state index >= 15 is 0 Å². The van der Waals surface area contributed by atoms with Crippen molar-refractivity contribution in [3.8, 4) is 0 Å². The van der Waals surface area contributed by atoms with Gasteiger partial charge in [-0.25, -0.2) is 14.6 Å². The zero-order chi connectivity index (χ0) is 19.6. The van der Waals surface area contributed by atoms with Gasteiger partial charge in [-0.1, -0.05) is 0 Å². The van der Waals surface area contributed by atoms with Crippen molar-refractivity contribution in [3.05, 3.63) is 17.7 Å². The van der Waals surface area contributed by atoms with E-state index in [9.17, 15) is 14.4 Å². The van der Waals surface area contributed by atoms with Crippen LogP contribution in [0.15, 0.2) is 6.20 Å². The summed E-state index contributed by atoms with van der Waals surface area (Å²) in [6, 6.07) is -0.678. The van der Waals surface area contributed by atoms with Gasteiger partial charge in [-0.15, -0.1) is 0 Å². The average molecular weight is 395 g/mol. The van der Waals surface area contributed by atoms with Gasteiger partial charge >= 0.3 is 12.1 Å². The summed E-state index contributed by atoms with van der Waals surface area (Å²) in [5, 5.41) is 11.3. The predicted molar refractivity (Wildman–Crippen MR) is 101 cm³/mol. The molecule has 3 rings (SSSR count). The van der Waals surface area contributed by atoms with Crippen molar-refractivity contribution in [2.75, 3.05) is 25.1 Å². The first-order chi connectivity index (χ1) is 12.9. The number of piperidine rings is 1. The number of rotatable bonds is 6. The topological polar surface area (TPSA) is 108 Å². The fourth-order valence-corrected chi connectivity index (χ4v) is 4.25. The number of amides is 3. The van der Waals surface area contributed by atoms with Crippen LogP contribution in [0.3, 0.4) is 0 Å². The van der Waals surface area contributed by atoms with E-state index in [4.69, 9.17) is 5.11 Å². The van der Waals surface area contributed by atoms with Crippen molar-refractivity contribution in [1.29, 1.82) is 0 Å². The van der Waals surface area contributed by atoms with Crippen LogP contribution in [0, 0.1) is 6.92 Å². The van der Waals surface area contributed by atoms with Crippen molar-refractivity contribution in [1.82, 2.24) is 24.7 Å². The molecule has 3 heterocycles. The number of nitrogens with zero attached hydrogens (tertiary/aromatic N) is 4. The predicted octanol–water partition coefficient (Wildman–Crippen LogP) is 1.36. The molecule has 1 aromatic rings. The van der Waals surface area contributed by atoms with Gasteiger partial charge in [-0.2, -0.15) is 11.8 Å². The Balaban J connectivity index is 1.57. The first-order valence-corrected chi connectivity index (χ1v) is 10.4. The smallest absolute Gasteiger partial charge is 0.405 e. The molecule has 1 aromatic heterocycles. The minimum absolute atomic E-state index is 0.0461. The lowest BCUT2D eigenvalue weighted by atomic mass is 10.0. The summed E-state index contributed by atoms with van der Waals surface area (Å²) in [5.74, 6) is 1.23. The number of aryl methyl sites for hydroxylation is 1. The monoisotopic (exact) mass is 395 g/mol. The highest BCUT2D eigenvalue weighted by atomic mass is 32.2. The maximum absolute atomic E-state index is 12.7. The van der Waals surface area contributed by atoms with Gasteiger partial charge in [0.15, 0.2) is 0 Å². The Hall–Kier alpha value is -2.23. The van der Waals surface area contributed by atoms with Crippen LogP contribution in [0.2, 0.25) is 0 Å². The molecule has 0 unspecified atom stereocenters. The Morgan fingerprint density at radius 2 is 2.11 bits per heavy atom. The highest BCUT2D eigenvalue weighted by Crippen LogP contribution is 2.26. The molecule has 0 saturated carbocycles. The van der Waals surface area contributed by atoms with Crippen LogP contribution in [0.25, 0.3) is 0 Å². The minimum atomic E-state index is -1.18. The lowest BCUT2D eigenvalue weighted by Crippen LogP contribution is -2.53. The minimum Gasteiger partial charge on any atom is -0.465 e. The van der Waals surface area contributed by atoms with Gasteiger partial charge in [-0.05, 0) is 38.2 Å². The molecule has 2 N–H and O–H groups in total. The molecule has 1 saturated heterocycles. The van der Waals surface area contributed by atoms with Gasteiger partial charge in [0.05, 0.1) is 18.4 Å². The fourth-order valence-electron chi connectivity index (χ4n) is 3.78. The lowest BCUT2D eigenvalue weighted by Gasteiger charge is -2.37. The maximum Gasteiger partial charge on any atom is 0.405 e. The van der Waals surface area contributed by atoms with Gasteiger partial charge in [0.25, 0.3) is 0 Å².